The summed E-state index contributed by atoms with van der Waals surface area (Å²) in [7, 11) is 2.96. The van der Waals surface area contributed by atoms with Crippen LogP contribution >= 0.6 is 11.6 Å². The zero-order valence-electron chi connectivity index (χ0n) is 21.2. The van der Waals surface area contributed by atoms with Crippen molar-refractivity contribution in [2.45, 2.75) is 24.9 Å². The molecule has 0 aromatic heterocycles. The molecule has 0 unspecified atom stereocenters. The highest BCUT2D eigenvalue weighted by Gasteiger charge is 2.56. The van der Waals surface area contributed by atoms with Crippen molar-refractivity contribution in [2.24, 2.45) is 11.8 Å². The van der Waals surface area contributed by atoms with Gasteiger partial charge < -0.3 is 25.2 Å². The summed E-state index contributed by atoms with van der Waals surface area (Å²) < 4.78 is 10.7. The van der Waals surface area contributed by atoms with Crippen molar-refractivity contribution in [1.29, 1.82) is 0 Å². The van der Waals surface area contributed by atoms with Gasteiger partial charge >= 0.3 is 0 Å². The number of hydrogen-bond donors (Lipinski definition) is 3. The minimum Gasteiger partial charge on any atom is -0.495 e. The Bertz CT molecular complexity index is 1340. The molecule has 8 nitrogen and oxygen atoms in total. The Kier molecular flexibility index (Phi) is 8.04. The standard InChI is InChI=1S/C29H29ClN2O6/c1-29(36)16-21(33)25(27(34)31-19-8-4-6-10-22(19)37-2)24(17-12-14-18(30)15-13-17)26(29)28(35)32-20-9-5-7-11-23(20)38-3/h4-15,24-26,36H,16H2,1-3H3,(H,31,34)(H,32,35)/t24-,25+,26-,29-/m0/s1. The number of Topliss-reactive ketones (excluding diaryl/α,β-unsaturated/α-hetero) is 1. The molecular formula is C29H29ClN2O6. The molecule has 1 aliphatic carbocycles. The summed E-state index contributed by atoms with van der Waals surface area (Å²) in [4.78, 5) is 41.0. The Hall–Kier alpha value is -3.88. The van der Waals surface area contributed by atoms with Gasteiger partial charge in [-0.3, -0.25) is 14.4 Å². The van der Waals surface area contributed by atoms with Gasteiger partial charge in [-0.15, -0.1) is 0 Å². The maximum atomic E-state index is 13.8. The van der Waals surface area contributed by atoms with Gasteiger partial charge in [0.1, 0.15) is 23.2 Å². The number of aliphatic hydroxyl groups is 1. The van der Waals surface area contributed by atoms with Crippen LogP contribution in [-0.4, -0.2) is 42.5 Å². The molecule has 1 saturated carbocycles. The Morgan fingerprint density at radius 2 is 1.37 bits per heavy atom. The lowest BCUT2D eigenvalue weighted by atomic mass is 9.61. The van der Waals surface area contributed by atoms with E-state index in [0.29, 0.717) is 33.5 Å². The van der Waals surface area contributed by atoms with E-state index < -0.39 is 41.0 Å². The van der Waals surface area contributed by atoms with Gasteiger partial charge in [-0.1, -0.05) is 48.0 Å². The van der Waals surface area contributed by atoms with Crippen LogP contribution in [0.5, 0.6) is 11.5 Å². The summed E-state index contributed by atoms with van der Waals surface area (Å²) in [6.45, 7) is 1.44. The number of anilines is 2. The van der Waals surface area contributed by atoms with Crippen molar-refractivity contribution < 1.29 is 29.0 Å². The fourth-order valence-electron chi connectivity index (χ4n) is 5.09. The van der Waals surface area contributed by atoms with Crippen LogP contribution in [0.1, 0.15) is 24.8 Å². The highest BCUT2D eigenvalue weighted by atomic mass is 35.5. The smallest absolute Gasteiger partial charge is 0.235 e. The minimum atomic E-state index is -1.74. The molecule has 4 atom stereocenters. The molecule has 3 aromatic carbocycles. The van der Waals surface area contributed by atoms with E-state index in [-0.39, 0.29) is 6.42 Å². The van der Waals surface area contributed by atoms with Gasteiger partial charge in [-0.05, 0) is 48.9 Å². The molecule has 3 N–H and O–H groups in total. The highest BCUT2D eigenvalue weighted by molar-refractivity contribution is 6.30. The van der Waals surface area contributed by atoms with E-state index in [4.69, 9.17) is 21.1 Å². The van der Waals surface area contributed by atoms with Crippen molar-refractivity contribution in [3.05, 3.63) is 83.4 Å². The van der Waals surface area contributed by atoms with Crippen molar-refractivity contribution in [1.82, 2.24) is 0 Å². The monoisotopic (exact) mass is 536 g/mol. The Morgan fingerprint density at radius 3 is 1.89 bits per heavy atom. The SMILES string of the molecule is COc1ccccc1NC(=O)[C@@H]1C(=O)C[C@](C)(O)[C@H](C(=O)Nc2ccccc2OC)[C@H]1c1ccc(Cl)cc1. The van der Waals surface area contributed by atoms with E-state index in [0.717, 1.165) is 0 Å². The number of ketones is 1. The average molecular weight is 537 g/mol. The lowest BCUT2D eigenvalue weighted by Gasteiger charge is -2.44. The maximum absolute atomic E-state index is 13.8. The van der Waals surface area contributed by atoms with Gasteiger partial charge in [0.15, 0.2) is 0 Å². The zero-order valence-corrected chi connectivity index (χ0v) is 22.0. The number of hydrogen-bond acceptors (Lipinski definition) is 6. The molecule has 0 radical (unpaired) electrons. The van der Waals surface area contributed by atoms with Crippen LogP contribution in [0, 0.1) is 11.8 Å². The van der Waals surface area contributed by atoms with Crippen LogP contribution in [0.4, 0.5) is 11.4 Å². The van der Waals surface area contributed by atoms with Gasteiger partial charge in [-0.2, -0.15) is 0 Å². The molecule has 0 heterocycles. The molecule has 0 spiro atoms. The van der Waals surface area contributed by atoms with Crippen LogP contribution in [0.25, 0.3) is 0 Å². The predicted octanol–water partition coefficient (Wildman–Crippen LogP) is 4.67. The molecule has 38 heavy (non-hydrogen) atoms. The molecule has 198 valence electrons. The molecule has 0 saturated heterocycles. The number of benzene rings is 3. The summed E-state index contributed by atoms with van der Waals surface area (Å²) in [6, 6.07) is 20.2. The number of methoxy groups -OCH3 is 2. The lowest BCUT2D eigenvalue weighted by Crippen LogP contribution is -2.56. The first-order chi connectivity index (χ1) is 18.2. The van der Waals surface area contributed by atoms with E-state index in [1.54, 1.807) is 72.8 Å². The van der Waals surface area contributed by atoms with E-state index >= 15 is 0 Å². The maximum Gasteiger partial charge on any atom is 0.235 e. The van der Waals surface area contributed by atoms with Crippen LogP contribution in [-0.2, 0) is 14.4 Å². The van der Waals surface area contributed by atoms with Gasteiger partial charge in [0.2, 0.25) is 11.8 Å². The van der Waals surface area contributed by atoms with Gasteiger partial charge in [-0.25, -0.2) is 0 Å². The summed E-state index contributed by atoms with van der Waals surface area (Å²) in [6.07, 6.45) is -0.384. The Morgan fingerprint density at radius 1 is 0.868 bits per heavy atom. The second kappa shape index (κ2) is 11.2. The summed E-state index contributed by atoms with van der Waals surface area (Å²) in [5, 5.41) is 17.5. The van der Waals surface area contributed by atoms with Gasteiger partial charge in [0.25, 0.3) is 0 Å². The van der Waals surface area contributed by atoms with Gasteiger partial charge in [0, 0.05) is 17.4 Å². The van der Waals surface area contributed by atoms with E-state index in [1.807, 2.05) is 0 Å². The normalized spacial score (nSPS) is 22.9. The number of rotatable bonds is 7. The summed E-state index contributed by atoms with van der Waals surface area (Å²) in [5.74, 6) is -4.22. The number of halogens is 1. The fourth-order valence-corrected chi connectivity index (χ4v) is 5.22. The van der Waals surface area contributed by atoms with Crippen LogP contribution in [0.15, 0.2) is 72.8 Å². The number of carbonyl (C=O) groups is 3. The first-order valence-electron chi connectivity index (χ1n) is 12.0. The third-order valence-electron chi connectivity index (χ3n) is 6.82. The van der Waals surface area contributed by atoms with E-state index in [2.05, 4.69) is 10.6 Å². The minimum absolute atomic E-state index is 0.384. The third-order valence-corrected chi connectivity index (χ3v) is 7.07. The number of amides is 2. The molecule has 3 aromatic rings. The molecule has 2 amide bonds. The van der Waals surface area contributed by atoms with Crippen molar-refractivity contribution in [3.63, 3.8) is 0 Å². The molecular weight excluding hydrogens is 508 g/mol. The first-order valence-corrected chi connectivity index (χ1v) is 12.4. The van der Waals surface area contributed by atoms with Crippen LogP contribution in [0.3, 0.4) is 0 Å². The quantitative estimate of drug-likeness (QED) is 0.378. The number of ether oxygens (including phenoxy) is 2. The Labute approximate surface area is 225 Å². The zero-order chi connectivity index (χ0) is 27.4. The molecule has 0 bridgehead atoms. The second-order valence-corrected chi connectivity index (χ2v) is 9.85. The second-order valence-electron chi connectivity index (χ2n) is 9.41. The van der Waals surface area contributed by atoms with Gasteiger partial charge in [0.05, 0.1) is 37.1 Å². The third kappa shape index (κ3) is 5.51. The first kappa shape index (κ1) is 27.2. The summed E-state index contributed by atoms with van der Waals surface area (Å²) >= 11 is 6.11. The lowest BCUT2D eigenvalue weighted by molar-refractivity contribution is -0.150. The number of carbonyl (C=O) groups excluding carboxylic acids is 3. The van der Waals surface area contributed by atoms with Crippen molar-refractivity contribution in [3.8, 4) is 11.5 Å². The topological polar surface area (TPSA) is 114 Å². The highest BCUT2D eigenvalue weighted by Crippen LogP contribution is 2.47. The number of nitrogens with one attached hydrogen (secondary N) is 2. The average Bonchev–Trinajstić information content (AvgIpc) is 2.88. The van der Waals surface area contributed by atoms with Crippen molar-refractivity contribution >= 4 is 40.6 Å². The summed E-state index contributed by atoms with van der Waals surface area (Å²) in [5.41, 5.74) is -0.440. The molecule has 0 aliphatic heterocycles. The fraction of sp³-hybridized carbons (Fsp3) is 0.276. The molecule has 1 fully saturated rings. The van der Waals surface area contributed by atoms with Crippen molar-refractivity contribution in [2.75, 3.05) is 24.9 Å². The largest absolute Gasteiger partial charge is 0.495 e. The Balaban J connectivity index is 1.78. The molecule has 4 rings (SSSR count). The van der Waals surface area contributed by atoms with E-state index in [1.165, 1.54) is 21.1 Å². The molecule has 1 aliphatic rings. The van der Waals surface area contributed by atoms with Crippen LogP contribution in [0.2, 0.25) is 5.02 Å². The van der Waals surface area contributed by atoms with E-state index in [9.17, 15) is 19.5 Å². The molecule has 9 heteroatoms. The van der Waals surface area contributed by atoms with Crippen LogP contribution < -0.4 is 20.1 Å². The number of para-hydroxylation sites is 4. The predicted molar refractivity (Wildman–Crippen MR) is 145 cm³/mol.